The molecule has 37 heavy (non-hydrogen) atoms. The molecular weight excluding hydrogens is 514 g/mol. The summed E-state index contributed by atoms with van der Waals surface area (Å²) in [6.45, 7) is 5.11. The van der Waals surface area contributed by atoms with Gasteiger partial charge in [-0.15, -0.1) is 22.9 Å². The maximum Gasteiger partial charge on any atom is 0.345 e. The van der Waals surface area contributed by atoms with Crippen molar-refractivity contribution in [3.05, 3.63) is 62.6 Å². The van der Waals surface area contributed by atoms with Gasteiger partial charge in [-0.3, -0.25) is 9.59 Å². The fraction of sp³-hybridized carbons (Fsp3) is 0.423. The summed E-state index contributed by atoms with van der Waals surface area (Å²) in [6.07, 6.45) is 1.47. The van der Waals surface area contributed by atoms with E-state index < -0.39 is 5.97 Å². The summed E-state index contributed by atoms with van der Waals surface area (Å²) < 4.78 is 6.99. The van der Waals surface area contributed by atoms with Gasteiger partial charge in [-0.25, -0.2) is 4.79 Å². The zero-order valence-electron chi connectivity index (χ0n) is 21.9. The monoisotopic (exact) mass is 549 g/mol. The first-order valence-electron chi connectivity index (χ1n) is 11.8. The summed E-state index contributed by atoms with van der Waals surface area (Å²) in [6, 6.07) is 11.4. The van der Waals surface area contributed by atoms with Crippen molar-refractivity contribution < 1.29 is 14.3 Å². The highest BCUT2D eigenvalue weighted by atomic mass is 35.5. The van der Waals surface area contributed by atoms with E-state index in [1.54, 1.807) is 11.5 Å². The number of benzene rings is 1. The Morgan fingerprint density at radius 1 is 1.05 bits per heavy atom. The van der Waals surface area contributed by atoms with Gasteiger partial charge in [0, 0.05) is 51.0 Å². The van der Waals surface area contributed by atoms with Crippen LogP contribution in [-0.2, 0) is 11.3 Å². The molecule has 1 aromatic carbocycles. The van der Waals surface area contributed by atoms with Crippen molar-refractivity contribution in [1.82, 2.24) is 20.5 Å². The number of amides is 1. The number of carbonyl (C=O) groups is 2. The number of nitrogens with zero attached hydrogens (tertiary/aromatic N) is 4. The normalized spacial score (nSPS) is 13.1. The Morgan fingerprint density at radius 2 is 1.73 bits per heavy atom. The number of piperazine rings is 1. The summed E-state index contributed by atoms with van der Waals surface area (Å²) >= 11 is 6.07. The van der Waals surface area contributed by atoms with Crippen LogP contribution in [0.2, 0.25) is 0 Å². The van der Waals surface area contributed by atoms with Gasteiger partial charge in [0.15, 0.2) is 0 Å². The van der Waals surface area contributed by atoms with Crippen LogP contribution in [0.1, 0.15) is 27.0 Å². The SMILES string of the molecule is CCOC(=O)c1c(N2CCN(C(=O)c3cccs3)CC2)c2ccccc2n(CCN(C)C)c1=O.CCl.N. The number of esters is 1. The number of pyridine rings is 1. The van der Waals surface area contributed by atoms with Crippen LogP contribution in [0.5, 0.6) is 0 Å². The van der Waals surface area contributed by atoms with E-state index in [9.17, 15) is 14.4 Å². The van der Waals surface area contributed by atoms with Gasteiger partial charge in [-0.1, -0.05) is 24.3 Å². The number of halogens is 1. The molecule has 0 atom stereocenters. The molecule has 3 aromatic rings. The van der Waals surface area contributed by atoms with Gasteiger partial charge in [0.2, 0.25) is 0 Å². The highest BCUT2D eigenvalue weighted by molar-refractivity contribution is 7.12. The van der Waals surface area contributed by atoms with E-state index in [0.29, 0.717) is 45.0 Å². The van der Waals surface area contributed by atoms with Gasteiger partial charge in [-0.05, 0) is 38.5 Å². The van der Waals surface area contributed by atoms with Gasteiger partial charge in [0.25, 0.3) is 11.5 Å². The molecular formula is C26H36ClN5O4S. The van der Waals surface area contributed by atoms with E-state index in [0.717, 1.165) is 15.8 Å². The largest absolute Gasteiger partial charge is 0.462 e. The lowest BCUT2D eigenvalue weighted by atomic mass is 10.1. The first-order valence-corrected chi connectivity index (χ1v) is 13.5. The van der Waals surface area contributed by atoms with Gasteiger partial charge >= 0.3 is 5.97 Å². The maximum absolute atomic E-state index is 13.7. The van der Waals surface area contributed by atoms with Gasteiger partial charge in [0.1, 0.15) is 5.56 Å². The van der Waals surface area contributed by atoms with Crippen LogP contribution in [0.4, 0.5) is 5.69 Å². The lowest BCUT2D eigenvalue weighted by Crippen LogP contribution is -2.49. The second kappa shape index (κ2) is 14.1. The number of fused-ring (bicyclic) bond motifs is 1. The minimum absolute atomic E-state index is 0. The number of rotatable bonds is 7. The van der Waals surface area contributed by atoms with Crippen LogP contribution >= 0.6 is 22.9 Å². The van der Waals surface area contributed by atoms with Crippen molar-refractivity contribution in [2.45, 2.75) is 13.5 Å². The molecule has 0 saturated carbocycles. The third-order valence-corrected chi connectivity index (χ3v) is 6.87. The fourth-order valence-corrected chi connectivity index (χ4v) is 5.01. The lowest BCUT2D eigenvalue weighted by Gasteiger charge is -2.37. The Morgan fingerprint density at radius 3 is 2.32 bits per heavy atom. The average molecular weight is 550 g/mol. The molecule has 3 heterocycles. The van der Waals surface area contributed by atoms with Crippen LogP contribution in [-0.4, -0.2) is 86.1 Å². The number of anilines is 1. The van der Waals surface area contributed by atoms with E-state index in [2.05, 4.69) is 11.6 Å². The predicted molar refractivity (Wildman–Crippen MR) is 152 cm³/mol. The molecule has 1 saturated heterocycles. The highest BCUT2D eigenvalue weighted by Gasteiger charge is 2.30. The number of aromatic nitrogens is 1. The Balaban J connectivity index is 0.00000157. The van der Waals surface area contributed by atoms with Crippen LogP contribution in [0.25, 0.3) is 10.9 Å². The van der Waals surface area contributed by atoms with Crippen molar-refractivity contribution in [1.29, 1.82) is 0 Å². The van der Waals surface area contributed by atoms with Crippen molar-refractivity contribution in [3.8, 4) is 0 Å². The summed E-state index contributed by atoms with van der Waals surface area (Å²) in [4.78, 5) is 46.1. The van der Waals surface area contributed by atoms with Gasteiger partial charge < -0.3 is 30.2 Å². The molecule has 1 fully saturated rings. The quantitative estimate of drug-likeness (QED) is 0.353. The molecule has 9 nitrogen and oxygen atoms in total. The molecule has 1 amide bonds. The molecule has 3 N–H and O–H groups in total. The first-order chi connectivity index (χ1) is 17.4. The molecule has 0 spiro atoms. The zero-order valence-corrected chi connectivity index (χ0v) is 23.5. The molecule has 11 heteroatoms. The number of carbonyl (C=O) groups excluding carboxylic acids is 2. The smallest absolute Gasteiger partial charge is 0.345 e. The lowest BCUT2D eigenvalue weighted by molar-refractivity contribution is 0.0523. The van der Waals surface area contributed by atoms with Crippen molar-refractivity contribution in [3.63, 3.8) is 0 Å². The standard InChI is InChI=1S/C25H30N4O4S.CH3Cl.H3N/c1-4-33-25(32)21-22(27-12-14-28(15-13-27)23(30)20-10-7-17-34-20)18-8-5-6-9-19(18)29(24(21)31)16-11-26(2)3;1-2;/h5-10,17H,4,11-16H2,1-3H3;1H3;1H3. The molecule has 4 rings (SSSR count). The summed E-state index contributed by atoms with van der Waals surface area (Å²) in [5.74, 6) is -0.590. The predicted octanol–water partition coefficient (Wildman–Crippen LogP) is 3.78. The number of likely N-dealkylation sites (N-methyl/N-ethyl adjacent to an activating group) is 1. The summed E-state index contributed by atoms with van der Waals surface area (Å²) in [7, 11) is 3.90. The summed E-state index contributed by atoms with van der Waals surface area (Å²) in [5.41, 5.74) is 1.11. The van der Waals surface area contributed by atoms with Crippen molar-refractivity contribution >= 4 is 51.4 Å². The van der Waals surface area contributed by atoms with E-state index in [-0.39, 0.29) is 29.8 Å². The van der Waals surface area contributed by atoms with E-state index in [1.165, 1.54) is 17.7 Å². The number of thiophene rings is 1. The van der Waals surface area contributed by atoms with E-state index in [1.807, 2.05) is 70.6 Å². The third kappa shape index (κ3) is 6.70. The maximum atomic E-state index is 13.7. The van der Waals surface area contributed by atoms with Crippen molar-refractivity contribution in [2.75, 3.05) is 64.7 Å². The molecule has 2 aromatic heterocycles. The Bertz CT molecular complexity index is 1240. The number of alkyl halides is 1. The Hall–Kier alpha value is -2.92. The highest BCUT2D eigenvalue weighted by Crippen LogP contribution is 2.31. The second-order valence-corrected chi connectivity index (χ2v) is 9.43. The number of hydrogen-bond donors (Lipinski definition) is 1. The van der Waals surface area contributed by atoms with Crippen LogP contribution in [0.15, 0.2) is 46.6 Å². The van der Waals surface area contributed by atoms with Gasteiger partial charge in [-0.2, -0.15) is 0 Å². The number of ether oxygens (including phenoxy) is 1. The molecule has 202 valence electrons. The fourth-order valence-electron chi connectivity index (χ4n) is 4.32. The van der Waals surface area contributed by atoms with Crippen molar-refractivity contribution in [2.24, 2.45) is 0 Å². The first kappa shape index (κ1) is 30.3. The zero-order chi connectivity index (χ0) is 26.2. The molecule has 0 unspecified atom stereocenters. The Kier molecular flexibility index (Phi) is 11.6. The minimum atomic E-state index is -0.607. The van der Waals surface area contributed by atoms with Crippen LogP contribution < -0.4 is 16.6 Å². The van der Waals surface area contributed by atoms with E-state index >= 15 is 0 Å². The molecule has 0 radical (unpaired) electrons. The number of hydrogen-bond acceptors (Lipinski definition) is 8. The molecule has 0 bridgehead atoms. The topological polar surface area (TPSA) is 110 Å². The van der Waals surface area contributed by atoms with Crippen LogP contribution in [0, 0.1) is 0 Å². The van der Waals surface area contributed by atoms with E-state index in [4.69, 9.17) is 4.74 Å². The van der Waals surface area contributed by atoms with Gasteiger partial charge in [0.05, 0.1) is 22.7 Å². The minimum Gasteiger partial charge on any atom is -0.462 e. The van der Waals surface area contributed by atoms with Crippen LogP contribution in [0.3, 0.4) is 0 Å². The number of para-hydroxylation sites is 1. The Labute approximate surface area is 226 Å². The molecule has 1 aliphatic rings. The average Bonchev–Trinajstić information content (AvgIpc) is 3.43. The molecule has 1 aliphatic heterocycles. The second-order valence-electron chi connectivity index (χ2n) is 8.48. The summed E-state index contributed by atoms with van der Waals surface area (Å²) in [5, 5.41) is 2.73. The molecule has 0 aliphatic carbocycles. The third-order valence-electron chi connectivity index (χ3n) is 6.01.